The summed E-state index contributed by atoms with van der Waals surface area (Å²) in [6.45, 7) is 2.03. The lowest BCUT2D eigenvalue weighted by atomic mass is 10.1. The maximum Gasteiger partial charge on any atom is 0.328 e. The van der Waals surface area contributed by atoms with Gasteiger partial charge in [0.15, 0.2) is 0 Å². The minimum Gasteiger partial charge on any atom is -0.478 e. The van der Waals surface area contributed by atoms with E-state index < -0.39 is 5.97 Å². The van der Waals surface area contributed by atoms with Crippen molar-refractivity contribution in [3.8, 4) is 0 Å². The zero-order chi connectivity index (χ0) is 13.7. The smallest absolute Gasteiger partial charge is 0.328 e. The molecule has 1 aliphatic heterocycles. The van der Waals surface area contributed by atoms with Crippen LogP contribution in [0.15, 0.2) is 28.7 Å². The highest BCUT2D eigenvalue weighted by Gasteiger charge is 2.13. The van der Waals surface area contributed by atoms with Crippen LogP contribution in [0, 0.1) is 0 Å². The van der Waals surface area contributed by atoms with Crippen molar-refractivity contribution in [2.75, 3.05) is 29.5 Å². The fraction of sp³-hybridized carbons (Fsp3) is 0.357. The first-order chi connectivity index (χ1) is 9.16. The Bertz CT molecular complexity index is 482. The molecule has 1 fully saturated rings. The van der Waals surface area contributed by atoms with Crippen molar-refractivity contribution in [1.82, 2.24) is 0 Å². The quantitative estimate of drug-likeness (QED) is 0.854. The number of rotatable bonds is 3. The molecule has 1 aromatic rings. The molecular weight excluding hydrogens is 326 g/mol. The highest BCUT2D eigenvalue weighted by atomic mass is 79.9. The van der Waals surface area contributed by atoms with E-state index >= 15 is 0 Å². The molecule has 0 atom stereocenters. The van der Waals surface area contributed by atoms with Gasteiger partial charge >= 0.3 is 5.97 Å². The average Bonchev–Trinajstić information content (AvgIpc) is 2.65. The van der Waals surface area contributed by atoms with Crippen LogP contribution in [0.1, 0.15) is 12.0 Å². The number of nitrogens with zero attached hydrogens (tertiary/aromatic N) is 1. The number of carboxylic acids is 1. The van der Waals surface area contributed by atoms with Crippen LogP contribution in [-0.4, -0.2) is 35.7 Å². The van der Waals surface area contributed by atoms with Crippen LogP contribution in [0.5, 0.6) is 0 Å². The number of thioether (sulfide) groups is 1. The average molecular weight is 342 g/mol. The summed E-state index contributed by atoms with van der Waals surface area (Å²) in [5.41, 5.74) is 2.06. The Hall–Kier alpha value is -0.940. The summed E-state index contributed by atoms with van der Waals surface area (Å²) in [7, 11) is 0. The topological polar surface area (TPSA) is 40.5 Å². The Morgan fingerprint density at radius 3 is 3.00 bits per heavy atom. The Balaban J connectivity index is 2.30. The van der Waals surface area contributed by atoms with Gasteiger partial charge in [0.05, 0.1) is 0 Å². The maximum absolute atomic E-state index is 10.7. The molecule has 3 nitrogen and oxygen atoms in total. The first-order valence-electron chi connectivity index (χ1n) is 6.20. The molecule has 1 N–H and O–H groups in total. The van der Waals surface area contributed by atoms with Crippen LogP contribution in [0.2, 0.25) is 0 Å². The molecule has 0 aliphatic carbocycles. The minimum atomic E-state index is -0.916. The van der Waals surface area contributed by atoms with Gasteiger partial charge in [0.2, 0.25) is 0 Å². The fourth-order valence-electron chi connectivity index (χ4n) is 2.08. The molecule has 0 saturated carbocycles. The molecule has 0 spiro atoms. The zero-order valence-corrected chi connectivity index (χ0v) is 12.9. The van der Waals surface area contributed by atoms with Crippen molar-refractivity contribution in [2.45, 2.75) is 6.42 Å². The van der Waals surface area contributed by atoms with Crippen LogP contribution in [0.4, 0.5) is 5.69 Å². The lowest BCUT2D eigenvalue weighted by molar-refractivity contribution is -0.131. The summed E-state index contributed by atoms with van der Waals surface area (Å²) in [6.07, 6.45) is 4.03. The molecule has 102 valence electrons. The summed E-state index contributed by atoms with van der Waals surface area (Å²) in [5, 5.41) is 8.76. The molecule has 5 heteroatoms. The van der Waals surface area contributed by atoms with Gasteiger partial charge in [-0.1, -0.05) is 22.0 Å². The zero-order valence-electron chi connectivity index (χ0n) is 10.5. The molecule has 0 amide bonds. The number of anilines is 1. The van der Waals surface area contributed by atoms with Gasteiger partial charge in [-0.3, -0.25) is 0 Å². The third-order valence-corrected chi connectivity index (χ3v) is 4.50. The Morgan fingerprint density at radius 1 is 1.37 bits per heavy atom. The van der Waals surface area contributed by atoms with Crippen molar-refractivity contribution in [3.63, 3.8) is 0 Å². The van der Waals surface area contributed by atoms with E-state index in [1.54, 1.807) is 6.08 Å². The largest absolute Gasteiger partial charge is 0.478 e. The number of aliphatic carboxylic acids is 1. The molecule has 0 radical (unpaired) electrons. The van der Waals surface area contributed by atoms with Crippen molar-refractivity contribution in [3.05, 3.63) is 34.3 Å². The second kappa shape index (κ2) is 7.01. The van der Waals surface area contributed by atoms with E-state index in [4.69, 9.17) is 5.11 Å². The predicted molar refractivity (Wildman–Crippen MR) is 85.0 cm³/mol. The van der Waals surface area contributed by atoms with Crippen LogP contribution in [0.25, 0.3) is 6.08 Å². The van der Waals surface area contributed by atoms with Gasteiger partial charge in [-0.2, -0.15) is 11.8 Å². The number of halogens is 1. The van der Waals surface area contributed by atoms with Gasteiger partial charge in [0.25, 0.3) is 0 Å². The van der Waals surface area contributed by atoms with Crippen LogP contribution in [0.3, 0.4) is 0 Å². The first kappa shape index (κ1) is 14.5. The predicted octanol–water partition coefficient (Wildman–Crippen LogP) is 3.49. The Labute approximate surface area is 125 Å². The molecule has 1 heterocycles. The molecule has 0 unspecified atom stereocenters. The molecule has 2 rings (SSSR count). The number of carbonyl (C=O) groups is 1. The van der Waals surface area contributed by atoms with Gasteiger partial charge < -0.3 is 10.0 Å². The Morgan fingerprint density at radius 2 is 2.21 bits per heavy atom. The molecular formula is C14H16BrNO2S. The van der Waals surface area contributed by atoms with E-state index in [1.165, 1.54) is 18.2 Å². The van der Waals surface area contributed by atoms with Crippen molar-refractivity contribution >= 4 is 45.4 Å². The second-order valence-corrected chi connectivity index (χ2v) is 6.47. The summed E-state index contributed by atoms with van der Waals surface area (Å²) in [6, 6.07) is 5.96. The lowest BCUT2D eigenvalue weighted by Crippen LogP contribution is -2.26. The molecule has 1 aromatic carbocycles. The van der Waals surface area contributed by atoms with Gasteiger partial charge in [0, 0.05) is 35.1 Å². The van der Waals surface area contributed by atoms with E-state index in [-0.39, 0.29) is 0 Å². The van der Waals surface area contributed by atoms with Crippen LogP contribution in [-0.2, 0) is 4.79 Å². The molecule has 1 saturated heterocycles. The fourth-order valence-corrected chi connectivity index (χ4v) is 3.32. The van der Waals surface area contributed by atoms with E-state index in [0.717, 1.165) is 34.6 Å². The summed E-state index contributed by atoms with van der Waals surface area (Å²) >= 11 is 5.47. The summed E-state index contributed by atoms with van der Waals surface area (Å²) in [5.74, 6) is 1.40. The number of benzene rings is 1. The summed E-state index contributed by atoms with van der Waals surface area (Å²) < 4.78 is 1.02. The number of hydrogen-bond donors (Lipinski definition) is 1. The van der Waals surface area contributed by atoms with Gasteiger partial charge in [0.1, 0.15) is 0 Å². The van der Waals surface area contributed by atoms with Crippen LogP contribution >= 0.6 is 27.7 Å². The standard InChI is InChI=1S/C14H16BrNO2S/c15-12-4-2-11(3-5-14(17)18)13(10-12)16-6-1-8-19-9-7-16/h2-5,10H,1,6-9H2,(H,17,18)/b5-3+. The molecule has 19 heavy (non-hydrogen) atoms. The lowest BCUT2D eigenvalue weighted by Gasteiger charge is -2.24. The summed E-state index contributed by atoms with van der Waals surface area (Å²) in [4.78, 5) is 13.0. The van der Waals surface area contributed by atoms with Gasteiger partial charge in [-0.25, -0.2) is 4.79 Å². The number of hydrogen-bond acceptors (Lipinski definition) is 3. The van der Waals surface area contributed by atoms with Gasteiger partial charge in [-0.15, -0.1) is 0 Å². The minimum absolute atomic E-state index is 0.916. The third-order valence-electron chi connectivity index (χ3n) is 2.96. The molecule has 0 bridgehead atoms. The Kier molecular flexibility index (Phi) is 5.34. The first-order valence-corrected chi connectivity index (χ1v) is 8.15. The van der Waals surface area contributed by atoms with E-state index in [0.29, 0.717) is 0 Å². The van der Waals surface area contributed by atoms with Gasteiger partial charge in [-0.05, 0) is 35.9 Å². The molecule has 0 aromatic heterocycles. The van der Waals surface area contributed by atoms with E-state index in [2.05, 4.69) is 26.9 Å². The monoisotopic (exact) mass is 341 g/mol. The highest BCUT2D eigenvalue weighted by molar-refractivity contribution is 9.10. The SMILES string of the molecule is O=C(O)/C=C/c1ccc(Br)cc1N1CCCSCC1. The number of carboxylic acid groups (broad SMARTS) is 1. The van der Waals surface area contributed by atoms with Crippen molar-refractivity contribution in [1.29, 1.82) is 0 Å². The van der Waals surface area contributed by atoms with E-state index in [9.17, 15) is 4.79 Å². The van der Waals surface area contributed by atoms with Crippen LogP contribution < -0.4 is 4.90 Å². The maximum atomic E-state index is 10.7. The molecule has 1 aliphatic rings. The third kappa shape index (κ3) is 4.28. The van der Waals surface area contributed by atoms with Crippen molar-refractivity contribution < 1.29 is 9.90 Å². The normalized spacial score (nSPS) is 16.6. The van der Waals surface area contributed by atoms with Crippen molar-refractivity contribution in [2.24, 2.45) is 0 Å². The highest BCUT2D eigenvalue weighted by Crippen LogP contribution is 2.28. The second-order valence-electron chi connectivity index (χ2n) is 4.33. The van der Waals surface area contributed by atoms with E-state index in [1.807, 2.05) is 23.9 Å².